The molecular formula is C45H83N7O8. The van der Waals surface area contributed by atoms with Crippen LogP contribution in [0.4, 0.5) is 0 Å². The zero-order chi connectivity index (χ0) is 44.2. The van der Waals surface area contributed by atoms with E-state index >= 15 is 0 Å². The van der Waals surface area contributed by atoms with Crippen LogP contribution in [0.25, 0.3) is 10.4 Å². The van der Waals surface area contributed by atoms with Gasteiger partial charge in [0.05, 0.1) is 13.2 Å². The van der Waals surface area contributed by atoms with Crippen LogP contribution in [0.1, 0.15) is 206 Å². The first-order valence-corrected chi connectivity index (χ1v) is 23.7. The SMILES string of the molecule is CCCCCCCCCCCC(=O)OCCCCNC(=O)CCC(NC(=O)CCC(=O)NCCCCN=[N+]=[N-])C(=O)NCCCCOC(=O)CCCCCCCCCCC. The van der Waals surface area contributed by atoms with Gasteiger partial charge in [0.2, 0.25) is 23.6 Å². The van der Waals surface area contributed by atoms with E-state index in [1.807, 2.05) is 0 Å². The lowest BCUT2D eigenvalue weighted by atomic mass is 10.1. The van der Waals surface area contributed by atoms with Crippen LogP contribution in [0.3, 0.4) is 0 Å². The zero-order valence-corrected chi connectivity index (χ0v) is 37.6. The number of hydrogen-bond donors (Lipinski definition) is 4. The minimum absolute atomic E-state index is 0.00264. The Morgan fingerprint density at radius 3 is 1.38 bits per heavy atom. The first-order valence-electron chi connectivity index (χ1n) is 23.7. The van der Waals surface area contributed by atoms with Crippen molar-refractivity contribution in [2.75, 3.05) is 39.4 Å². The lowest BCUT2D eigenvalue weighted by molar-refractivity contribution is -0.144. The van der Waals surface area contributed by atoms with Gasteiger partial charge in [0.25, 0.3) is 0 Å². The second-order valence-corrected chi connectivity index (χ2v) is 15.8. The van der Waals surface area contributed by atoms with Gasteiger partial charge in [-0.2, -0.15) is 0 Å². The van der Waals surface area contributed by atoms with E-state index in [9.17, 15) is 28.8 Å². The summed E-state index contributed by atoms with van der Waals surface area (Å²) in [4.78, 5) is 77.6. The van der Waals surface area contributed by atoms with Crippen LogP contribution >= 0.6 is 0 Å². The maximum Gasteiger partial charge on any atom is 0.305 e. The number of esters is 2. The molecule has 0 aromatic carbocycles. The molecule has 15 nitrogen and oxygen atoms in total. The monoisotopic (exact) mass is 850 g/mol. The third-order valence-corrected chi connectivity index (χ3v) is 10.2. The number of amides is 4. The molecule has 4 amide bonds. The molecule has 0 bridgehead atoms. The van der Waals surface area contributed by atoms with Crippen molar-refractivity contribution in [1.82, 2.24) is 21.3 Å². The largest absolute Gasteiger partial charge is 0.466 e. The molecule has 0 aromatic heterocycles. The Kier molecular flexibility index (Phi) is 40.4. The highest BCUT2D eigenvalue weighted by atomic mass is 16.5. The Labute approximate surface area is 361 Å². The minimum Gasteiger partial charge on any atom is -0.466 e. The third kappa shape index (κ3) is 39.6. The van der Waals surface area contributed by atoms with Crippen molar-refractivity contribution < 1.29 is 38.2 Å². The maximum absolute atomic E-state index is 13.1. The molecule has 0 rings (SSSR count). The van der Waals surface area contributed by atoms with Gasteiger partial charge in [-0.1, -0.05) is 122 Å². The van der Waals surface area contributed by atoms with Gasteiger partial charge in [0.1, 0.15) is 6.04 Å². The van der Waals surface area contributed by atoms with E-state index in [0.29, 0.717) is 84.2 Å². The summed E-state index contributed by atoms with van der Waals surface area (Å²) in [5.41, 5.74) is 8.34. The van der Waals surface area contributed by atoms with E-state index in [1.54, 1.807) is 0 Å². The predicted octanol–water partition coefficient (Wildman–Crippen LogP) is 8.96. The van der Waals surface area contributed by atoms with Crippen molar-refractivity contribution in [3.05, 3.63) is 10.4 Å². The van der Waals surface area contributed by atoms with Gasteiger partial charge < -0.3 is 30.7 Å². The molecule has 60 heavy (non-hydrogen) atoms. The van der Waals surface area contributed by atoms with Crippen LogP contribution in [0.5, 0.6) is 0 Å². The van der Waals surface area contributed by atoms with Crippen LogP contribution in [-0.2, 0) is 38.2 Å². The van der Waals surface area contributed by atoms with Gasteiger partial charge in [-0.15, -0.1) is 0 Å². The summed E-state index contributed by atoms with van der Waals surface area (Å²) in [6.07, 6.45) is 25.7. The topological polar surface area (TPSA) is 218 Å². The van der Waals surface area contributed by atoms with Crippen LogP contribution in [0, 0.1) is 0 Å². The molecule has 346 valence electrons. The Morgan fingerprint density at radius 1 is 0.483 bits per heavy atom. The summed E-state index contributed by atoms with van der Waals surface area (Å²) in [5.74, 6) is -1.89. The van der Waals surface area contributed by atoms with Gasteiger partial charge in [-0.3, -0.25) is 28.8 Å². The van der Waals surface area contributed by atoms with Crippen LogP contribution in [-0.4, -0.2) is 81.0 Å². The molecule has 0 saturated carbocycles. The van der Waals surface area contributed by atoms with E-state index in [0.717, 1.165) is 38.5 Å². The van der Waals surface area contributed by atoms with E-state index in [2.05, 4.69) is 45.1 Å². The highest BCUT2D eigenvalue weighted by Crippen LogP contribution is 2.12. The number of carbonyl (C=O) groups is 6. The van der Waals surface area contributed by atoms with Crippen molar-refractivity contribution in [2.24, 2.45) is 5.11 Å². The van der Waals surface area contributed by atoms with Gasteiger partial charge in [-0.25, -0.2) is 0 Å². The van der Waals surface area contributed by atoms with E-state index in [1.165, 1.54) is 77.0 Å². The fraction of sp³-hybridized carbons (Fsp3) is 0.867. The summed E-state index contributed by atoms with van der Waals surface area (Å²) in [6, 6.07) is -0.980. The number of unbranched alkanes of at least 4 members (excludes halogenated alkanes) is 19. The quantitative estimate of drug-likeness (QED) is 0.0152. The molecule has 4 N–H and O–H groups in total. The Balaban J connectivity index is 4.51. The molecule has 0 aliphatic carbocycles. The maximum atomic E-state index is 13.1. The standard InChI is InChI=1S/C45H83N7O8/c1-3-5-7-9-11-13-15-17-19-27-43(56)59-37-25-23-34-48-40(53)30-29-39(51-42(55)32-31-41(54)47-33-21-22-36-50-52-46)45(58)49-35-24-26-38-60-44(57)28-20-18-16-14-12-10-8-6-4-2/h39H,3-38H2,1-2H3,(H,47,54)(H,48,53)(H,49,58)(H,51,55). The Morgan fingerprint density at radius 2 is 0.900 bits per heavy atom. The predicted molar refractivity (Wildman–Crippen MR) is 237 cm³/mol. The zero-order valence-electron chi connectivity index (χ0n) is 37.6. The van der Waals surface area contributed by atoms with Crippen molar-refractivity contribution in [3.8, 4) is 0 Å². The van der Waals surface area contributed by atoms with Gasteiger partial charge in [-0.05, 0) is 63.3 Å². The molecule has 15 heteroatoms. The molecule has 0 aliphatic rings. The van der Waals surface area contributed by atoms with E-state index in [4.69, 9.17) is 15.0 Å². The Hall–Kier alpha value is -3.87. The average molecular weight is 850 g/mol. The molecule has 0 saturated heterocycles. The molecule has 0 spiro atoms. The number of rotatable bonds is 43. The number of nitrogens with zero attached hydrogens (tertiary/aromatic N) is 3. The smallest absolute Gasteiger partial charge is 0.305 e. The Bertz CT molecular complexity index is 1180. The van der Waals surface area contributed by atoms with Crippen LogP contribution in [0.2, 0.25) is 0 Å². The van der Waals surface area contributed by atoms with Gasteiger partial charge in [0, 0.05) is 63.2 Å². The summed E-state index contributed by atoms with van der Waals surface area (Å²) in [5, 5.41) is 14.5. The highest BCUT2D eigenvalue weighted by molar-refractivity contribution is 5.89. The number of azide groups is 1. The van der Waals surface area contributed by atoms with Gasteiger partial charge in [0.15, 0.2) is 0 Å². The highest BCUT2D eigenvalue weighted by Gasteiger charge is 2.22. The van der Waals surface area contributed by atoms with Crippen molar-refractivity contribution in [3.63, 3.8) is 0 Å². The molecule has 1 unspecified atom stereocenters. The molecule has 0 radical (unpaired) electrons. The van der Waals surface area contributed by atoms with Crippen LogP contribution in [0.15, 0.2) is 5.11 Å². The second kappa shape index (κ2) is 43.2. The number of carbonyl (C=O) groups excluding carboxylic acids is 6. The summed E-state index contributed by atoms with van der Waals surface area (Å²) in [6.45, 7) is 6.44. The first kappa shape index (κ1) is 56.1. The molecule has 1 atom stereocenters. The lowest BCUT2D eigenvalue weighted by Gasteiger charge is -2.18. The minimum atomic E-state index is -0.980. The molecule has 0 heterocycles. The third-order valence-electron chi connectivity index (χ3n) is 10.2. The van der Waals surface area contributed by atoms with Crippen molar-refractivity contribution in [1.29, 1.82) is 0 Å². The normalized spacial score (nSPS) is 11.2. The fourth-order valence-electron chi connectivity index (χ4n) is 6.49. The number of ether oxygens (including phenoxy) is 2. The van der Waals surface area contributed by atoms with Crippen molar-refractivity contribution >= 4 is 35.6 Å². The molecule has 0 aliphatic heterocycles. The number of hydrogen-bond acceptors (Lipinski definition) is 9. The molecule has 0 fully saturated rings. The summed E-state index contributed by atoms with van der Waals surface area (Å²) < 4.78 is 10.7. The first-order chi connectivity index (χ1) is 29.2. The average Bonchev–Trinajstić information content (AvgIpc) is 3.23. The fourth-order valence-corrected chi connectivity index (χ4v) is 6.49. The van der Waals surface area contributed by atoms with E-state index in [-0.39, 0.29) is 56.0 Å². The lowest BCUT2D eigenvalue weighted by Crippen LogP contribution is -2.47. The van der Waals surface area contributed by atoms with Gasteiger partial charge >= 0.3 is 11.9 Å². The molecular weight excluding hydrogens is 767 g/mol. The number of nitrogens with one attached hydrogen (secondary N) is 4. The summed E-state index contributed by atoms with van der Waals surface area (Å²) >= 11 is 0. The molecule has 0 aromatic rings. The van der Waals surface area contributed by atoms with E-state index < -0.39 is 17.9 Å². The van der Waals surface area contributed by atoms with Crippen LogP contribution < -0.4 is 21.3 Å². The second-order valence-electron chi connectivity index (χ2n) is 15.8. The van der Waals surface area contributed by atoms with Crippen molar-refractivity contribution in [2.45, 2.75) is 213 Å². The summed E-state index contributed by atoms with van der Waals surface area (Å²) in [7, 11) is 0.